The molecule has 0 saturated carbocycles. The molecule has 34 heavy (non-hydrogen) atoms. The zero-order chi connectivity index (χ0) is 23.8. The number of carbonyl (C=O) groups excluding carboxylic acids is 1. The highest BCUT2D eigenvalue weighted by molar-refractivity contribution is 7.99. The summed E-state index contributed by atoms with van der Waals surface area (Å²) in [5, 5.41) is 8.37. The number of hydrogen-bond acceptors (Lipinski definition) is 7. The van der Waals surface area contributed by atoms with Gasteiger partial charge in [0.1, 0.15) is 12.4 Å². The van der Waals surface area contributed by atoms with Crippen LogP contribution in [0.4, 0.5) is 4.39 Å². The number of thioether (sulfide) groups is 1. The molecule has 174 valence electrons. The van der Waals surface area contributed by atoms with Crippen molar-refractivity contribution in [3.8, 4) is 17.2 Å². The second-order valence-electron chi connectivity index (χ2n) is 8.04. The number of Topliss-reactive ketones (excluding diaryl/α,β-unsaturated/α-hetero) is 1. The van der Waals surface area contributed by atoms with Gasteiger partial charge in [-0.15, -0.1) is 10.2 Å². The van der Waals surface area contributed by atoms with Gasteiger partial charge in [-0.1, -0.05) is 30.0 Å². The number of aryl methyl sites for hydroxylation is 2. The number of rotatable bonds is 6. The molecule has 0 bridgehead atoms. The molecule has 3 heterocycles. The van der Waals surface area contributed by atoms with Gasteiger partial charge in [-0.3, -0.25) is 4.79 Å². The number of ketones is 1. The predicted octanol–water partition coefficient (Wildman–Crippen LogP) is 5.41. The van der Waals surface area contributed by atoms with E-state index in [1.807, 2.05) is 54.8 Å². The topological polar surface area (TPSA) is 79.4 Å². The average molecular weight is 480 g/mol. The lowest BCUT2D eigenvalue weighted by Gasteiger charge is -2.23. The molecule has 0 N–H and O–H groups in total. The first-order valence-corrected chi connectivity index (χ1v) is 11.7. The highest BCUT2D eigenvalue weighted by Crippen LogP contribution is 2.36. The summed E-state index contributed by atoms with van der Waals surface area (Å²) in [7, 11) is 0. The van der Waals surface area contributed by atoms with Gasteiger partial charge in [0.25, 0.3) is 11.1 Å². The van der Waals surface area contributed by atoms with Crippen LogP contribution in [0.15, 0.2) is 58.2 Å². The van der Waals surface area contributed by atoms with Gasteiger partial charge < -0.3 is 18.5 Å². The van der Waals surface area contributed by atoms with Crippen LogP contribution in [-0.2, 0) is 0 Å². The van der Waals surface area contributed by atoms with Crippen LogP contribution in [-0.4, -0.2) is 32.9 Å². The van der Waals surface area contributed by atoms with Gasteiger partial charge in [0.15, 0.2) is 17.3 Å². The second kappa shape index (κ2) is 8.98. The zero-order valence-corrected chi connectivity index (χ0v) is 19.7. The Kier molecular flexibility index (Phi) is 5.87. The molecule has 0 radical (unpaired) electrons. The van der Waals surface area contributed by atoms with Crippen LogP contribution in [0.5, 0.6) is 11.5 Å². The molecule has 7 nitrogen and oxygen atoms in total. The van der Waals surface area contributed by atoms with Gasteiger partial charge in [-0.05, 0) is 56.7 Å². The summed E-state index contributed by atoms with van der Waals surface area (Å²) in [6, 6.07) is 14.2. The summed E-state index contributed by atoms with van der Waals surface area (Å²) in [5.41, 5.74) is 3.44. The van der Waals surface area contributed by atoms with Crippen LogP contribution in [0.2, 0.25) is 0 Å². The highest BCUT2D eigenvalue weighted by Gasteiger charge is 2.27. The van der Waals surface area contributed by atoms with E-state index >= 15 is 0 Å². The largest absolute Gasteiger partial charge is 0.485 e. The normalized spacial score (nSPS) is 14.9. The van der Waals surface area contributed by atoms with Gasteiger partial charge >= 0.3 is 0 Å². The standard InChI is InChI=1S/C25H22FN3O4S/c1-14-8-9-17(11-19(14)26)29-15(2)10-18(16(29)3)20(30)13-34-25-28-27-24(33-25)23-12-31-21-6-4-5-7-22(21)32-23/h4-11,23H,12-13H2,1-3H3. The van der Waals surface area contributed by atoms with Crippen molar-refractivity contribution in [3.63, 3.8) is 0 Å². The fourth-order valence-corrected chi connectivity index (χ4v) is 4.57. The van der Waals surface area contributed by atoms with Gasteiger partial charge in [-0.2, -0.15) is 0 Å². The smallest absolute Gasteiger partial charge is 0.277 e. The summed E-state index contributed by atoms with van der Waals surface area (Å²) < 4.78 is 33.3. The van der Waals surface area contributed by atoms with Gasteiger partial charge in [0, 0.05) is 22.6 Å². The molecule has 0 saturated heterocycles. The van der Waals surface area contributed by atoms with E-state index in [2.05, 4.69) is 10.2 Å². The fraction of sp³-hybridized carbons (Fsp3) is 0.240. The minimum absolute atomic E-state index is 0.0807. The lowest BCUT2D eigenvalue weighted by atomic mass is 10.2. The number of nitrogens with zero attached hydrogens (tertiary/aromatic N) is 3. The Morgan fingerprint density at radius 1 is 1.12 bits per heavy atom. The van der Waals surface area contributed by atoms with E-state index in [1.54, 1.807) is 13.0 Å². The van der Waals surface area contributed by atoms with E-state index in [1.165, 1.54) is 6.07 Å². The predicted molar refractivity (Wildman–Crippen MR) is 125 cm³/mol. The van der Waals surface area contributed by atoms with Crippen LogP contribution in [0.25, 0.3) is 5.69 Å². The van der Waals surface area contributed by atoms with Gasteiger partial charge in [0.2, 0.25) is 6.10 Å². The van der Waals surface area contributed by atoms with E-state index in [0.717, 1.165) is 23.1 Å². The lowest BCUT2D eigenvalue weighted by molar-refractivity contribution is 0.0686. The Bertz CT molecular complexity index is 1380. The first kappa shape index (κ1) is 22.2. The van der Waals surface area contributed by atoms with E-state index in [-0.39, 0.29) is 29.2 Å². The second-order valence-corrected chi connectivity index (χ2v) is 8.96. The third-order valence-electron chi connectivity index (χ3n) is 5.68. The number of ether oxygens (including phenoxy) is 2. The molecular weight excluding hydrogens is 457 g/mol. The van der Waals surface area contributed by atoms with Crippen molar-refractivity contribution in [1.29, 1.82) is 0 Å². The molecule has 2 aromatic carbocycles. The number of para-hydroxylation sites is 2. The third kappa shape index (κ3) is 4.19. The quantitative estimate of drug-likeness (QED) is 0.270. The SMILES string of the molecule is Cc1ccc(-n2c(C)cc(C(=O)CSc3nnc(C4COc5ccccc5O4)o3)c2C)cc1F. The molecule has 0 amide bonds. The summed E-state index contributed by atoms with van der Waals surface area (Å²) in [6.45, 7) is 5.72. The van der Waals surface area contributed by atoms with E-state index in [9.17, 15) is 9.18 Å². The summed E-state index contributed by atoms with van der Waals surface area (Å²) >= 11 is 1.16. The zero-order valence-electron chi connectivity index (χ0n) is 18.9. The van der Waals surface area contributed by atoms with Crippen molar-refractivity contribution >= 4 is 17.5 Å². The Morgan fingerprint density at radius 3 is 2.71 bits per heavy atom. The van der Waals surface area contributed by atoms with Crippen molar-refractivity contribution in [3.05, 3.63) is 82.8 Å². The molecule has 0 aliphatic carbocycles. The molecule has 2 aromatic heterocycles. The van der Waals surface area contributed by atoms with Crippen LogP contribution >= 0.6 is 11.8 Å². The molecule has 1 unspecified atom stereocenters. The lowest BCUT2D eigenvalue weighted by Crippen LogP contribution is -2.21. The van der Waals surface area contributed by atoms with Crippen molar-refractivity contribution in [2.45, 2.75) is 32.1 Å². The van der Waals surface area contributed by atoms with Gasteiger partial charge in [0.05, 0.1) is 5.75 Å². The minimum Gasteiger partial charge on any atom is -0.485 e. The number of aromatic nitrogens is 3. The minimum atomic E-state index is -0.513. The Hall–Kier alpha value is -3.59. The molecule has 4 aromatic rings. The maximum absolute atomic E-state index is 14.1. The first-order valence-electron chi connectivity index (χ1n) is 10.7. The van der Waals surface area contributed by atoms with Crippen LogP contribution < -0.4 is 9.47 Å². The average Bonchev–Trinajstić information content (AvgIpc) is 3.43. The highest BCUT2D eigenvalue weighted by atomic mass is 32.2. The molecule has 1 aliphatic rings. The van der Waals surface area contributed by atoms with Crippen LogP contribution in [0, 0.1) is 26.6 Å². The Balaban J connectivity index is 1.27. The summed E-state index contributed by atoms with van der Waals surface area (Å²) in [5.74, 6) is 1.34. The van der Waals surface area contributed by atoms with Crippen molar-refractivity contribution in [2.75, 3.05) is 12.4 Å². The fourth-order valence-electron chi connectivity index (χ4n) is 3.92. The molecule has 0 fully saturated rings. The van der Waals surface area contributed by atoms with E-state index in [4.69, 9.17) is 13.9 Å². The first-order chi connectivity index (χ1) is 16.4. The third-order valence-corrected chi connectivity index (χ3v) is 6.50. The van der Waals surface area contributed by atoms with Crippen molar-refractivity contribution in [2.24, 2.45) is 0 Å². The van der Waals surface area contributed by atoms with Crippen LogP contribution in [0.3, 0.4) is 0 Å². The molecule has 1 atom stereocenters. The number of hydrogen-bond donors (Lipinski definition) is 0. The number of fused-ring (bicyclic) bond motifs is 1. The maximum atomic E-state index is 14.1. The molecule has 9 heteroatoms. The maximum Gasteiger partial charge on any atom is 0.277 e. The van der Waals surface area contributed by atoms with E-state index in [0.29, 0.717) is 34.2 Å². The number of halogens is 1. The van der Waals surface area contributed by atoms with Crippen molar-refractivity contribution < 1.29 is 23.1 Å². The molecule has 0 spiro atoms. The molecule has 5 rings (SSSR count). The number of benzene rings is 2. The summed E-state index contributed by atoms with van der Waals surface area (Å²) in [6.07, 6.45) is -0.513. The van der Waals surface area contributed by atoms with Crippen LogP contribution in [0.1, 0.15) is 39.3 Å². The Morgan fingerprint density at radius 2 is 1.91 bits per heavy atom. The molecular formula is C25H22FN3O4S. The monoisotopic (exact) mass is 479 g/mol. The van der Waals surface area contributed by atoms with Crippen molar-refractivity contribution in [1.82, 2.24) is 14.8 Å². The van der Waals surface area contributed by atoms with Gasteiger partial charge in [-0.25, -0.2) is 4.39 Å². The Labute approximate surface area is 199 Å². The number of carbonyl (C=O) groups is 1. The van der Waals surface area contributed by atoms with E-state index < -0.39 is 6.10 Å². The molecule has 1 aliphatic heterocycles. The summed E-state index contributed by atoms with van der Waals surface area (Å²) in [4.78, 5) is 13.0.